The van der Waals surface area contributed by atoms with Crippen molar-refractivity contribution in [2.24, 2.45) is 23.7 Å². The van der Waals surface area contributed by atoms with Crippen molar-refractivity contribution in [3.63, 3.8) is 0 Å². The molecule has 0 aliphatic heterocycles. The number of hydrogen-bond acceptors (Lipinski definition) is 0. The molecule has 0 radical (unpaired) electrons. The van der Waals surface area contributed by atoms with Crippen molar-refractivity contribution in [2.45, 2.75) is 126 Å². The molecule has 4 aliphatic rings. The molecular weight excluding hydrogens is 503 g/mol. The minimum atomic E-state index is -0.0663. The molecule has 42 heavy (non-hydrogen) atoms. The molecule has 0 amide bonds. The predicted octanol–water partition coefficient (Wildman–Crippen LogP) is 10.7. The number of hydrogen-bond donors (Lipinski definition) is 0. The van der Waals surface area contributed by atoms with Gasteiger partial charge >= 0.3 is 0 Å². The molecule has 1 aromatic rings. The SMILES string of the molecule is BC1=C(C)C(C)=C(CC2=CCCC3=C2c2c(C(C)(C)C4=CC=CC(C)C4C)cc(C(C)(C)C)cc2C3(C)C)C(C)C1C. The summed E-state index contributed by atoms with van der Waals surface area (Å²) in [5, 5.41) is 0. The van der Waals surface area contributed by atoms with Crippen molar-refractivity contribution in [3.05, 3.63) is 97.6 Å². The predicted molar refractivity (Wildman–Crippen MR) is 188 cm³/mol. The second kappa shape index (κ2) is 10.4. The largest absolute Gasteiger partial charge is 0.134 e. The Balaban J connectivity index is 1.75. The fraction of sp³-hybridized carbons (Fsp3) is 0.561. The van der Waals surface area contributed by atoms with E-state index in [4.69, 9.17) is 0 Å². The standard InChI is InChI=1S/C41H57B/c1-23-16-14-18-32(24(23)2)40(10,11)34-21-30(39(7,8)9)22-35-37(34)36-29(17-15-19-33(36)41(35,12)13)20-31-25(3)27(5)38(42)28(6)26(31)4/h14,16-18,21-25,27H,15,19-20,42H2,1-13H3. The molecule has 1 aromatic carbocycles. The highest BCUT2D eigenvalue weighted by atomic mass is 14.5. The van der Waals surface area contributed by atoms with E-state index in [0.29, 0.717) is 23.7 Å². The second-order valence-corrected chi connectivity index (χ2v) is 16.4. The van der Waals surface area contributed by atoms with Gasteiger partial charge in [-0.3, -0.25) is 0 Å². The lowest BCUT2D eigenvalue weighted by Crippen LogP contribution is -2.30. The second-order valence-electron chi connectivity index (χ2n) is 16.4. The lowest BCUT2D eigenvalue weighted by Gasteiger charge is -2.39. The van der Waals surface area contributed by atoms with Crippen LogP contribution in [0.3, 0.4) is 0 Å². The molecule has 0 aromatic heterocycles. The van der Waals surface area contributed by atoms with Crippen LogP contribution >= 0.6 is 0 Å². The quantitative estimate of drug-likeness (QED) is 0.321. The van der Waals surface area contributed by atoms with Crippen molar-refractivity contribution in [1.82, 2.24) is 0 Å². The van der Waals surface area contributed by atoms with Crippen LogP contribution in [0.4, 0.5) is 0 Å². The van der Waals surface area contributed by atoms with Crippen molar-refractivity contribution in [1.29, 1.82) is 0 Å². The Labute approximate surface area is 259 Å². The maximum absolute atomic E-state index is 2.62. The van der Waals surface area contributed by atoms with Gasteiger partial charge in [-0.1, -0.05) is 135 Å². The van der Waals surface area contributed by atoms with E-state index >= 15 is 0 Å². The number of benzene rings is 1. The van der Waals surface area contributed by atoms with Gasteiger partial charge in [0.05, 0.1) is 0 Å². The van der Waals surface area contributed by atoms with Gasteiger partial charge in [-0.2, -0.15) is 0 Å². The van der Waals surface area contributed by atoms with Crippen LogP contribution in [0.5, 0.6) is 0 Å². The van der Waals surface area contributed by atoms with E-state index in [-0.39, 0.29) is 16.2 Å². The van der Waals surface area contributed by atoms with E-state index < -0.39 is 0 Å². The van der Waals surface area contributed by atoms with Gasteiger partial charge in [-0.25, -0.2) is 0 Å². The molecule has 224 valence electrons. The minimum absolute atomic E-state index is 0.0390. The van der Waals surface area contributed by atoms with E-state index in [1.165, 1.54) is 23.1 Å². The monoisotopic (exact) mass is 560 g/mol. The first-order valence-electron chi connectivity index (χ1n) is 16.8. The molecule has 0 bridgehead atoms. The van der Waals surface area contributed by atoms with Crippen molar-refractivity contribution < 1.29 is 0 Å². The van der Waals surface area contributed by atoms with E-state index in [0.717, 1.165) is 12.8 Å². The van der Waals surface area contributed by atoms with Gasteiger partial charge in [0.1, 0.15) is 7.85 Å². The van der Waals surface area contributed by atoms with Gasteiger partial charge in [0.15, 0.2) is 0 Å². The van der Waals surface area contributed by atoms with Gasteiger partial charge in [0.2, 0.25) is 0 Å². The first kappa shape index (κ1) is 31.2. The Morgan fingerprint density at radius 3 is 2.21 bits per heavy atom. The third kappa shape index (κ3) is 4.73. The minimum Gasteiger partial charge on any atom is -0.104 e. The average molecular weight is 561 g/mol. The molecule has 0 heterocycles. The fourth-order valence-electron chi connectivity index (χ4n) is 8.67. The van der Waals surface area contributed by atoms with E-state index in [1.807, 2.05) is 0 Å². The van der Waals surface area contributed by atoms with Gasteiger partial charge in [0, 0.05) is 10.8 Å². The number of allylic oxidation sites excluding steroid dienone is 12. The highest BCUT2D eigenvalue weighted by molar-refractivity contribution is 6.22. The van der Waals surface area contributed by atoms with E-state index in [2.05, 4.69) is 134 Å². The van der Waals surface area contributed by atoms with Gasteiger partial charge in [-0.15, -0.1) is 5.47 Å². The summed E-state index contributed by atoms with van der Waals surface area (Å²) in [4.78, 5) is 0. The average Bonchev–Trinajstić information content (AvgIpc) is 3.16. The Kier molecular flexibility index (Phi) is 7.73. The maximum atomic E-state index is 2.62. The van der Waals surface area contributed by atoms with E-state index in [1.54, 1.807) is 50.0 Å². The summed E-state index contributed by atoms with van der Waals surface area (Å²) in [7, 11) is 2.35. The summed E-state index contributed by atoms with van der Waals surface area (Å²) in [6.07, 6.45) is 13.2. The van der Waals surface area contributed by atoms with Crippen LogP contribution in [0.15, 0.2) is 75.3 Å². The zero-order chi connectivity index (χ0) is 31.1. The summed E-state index contributed by atoms with van der Waals surface area (Å²) in [6.45, 7) is 31.7. The molecule has 0 saturated heterocycles. The van der Waals surface area contributed by atoms with Crippen LogP contribution in [-0.4, -0.2) is 7.85 Å². The molecule has 0 fully saturated rings. The molecule has 0 spiro atoms. The molecule has 4 atom stereocenters. The molecule has 1 heteroatoms. The Morgan fingerprint density at radius 1 is 0.905 bits per heavy atom. The molecule has 0 N–H and O–H groups in total. The van der Waals surface area contributed by atoms with Crippen LogP contribution in [-0.2, 0) is 16.2 Å². The Hall–Kier alpha value is -2.28. The molecular formula is C41H57B. The van der Waals surface area contributed by atoms with Crippen molar-refractivity contribution in [3.8, 4) is 0 Å². The lowest BCUT2D eigenvalue weighted by molar-refractivity contribution is 0.440. The first-order chi connectivity index (χ1) is 19.4. The van der Waals surface area contributed by atoms with Crippen LogP contribution in [0.1, 0.15) is 132 Å². The zero-order valence-electron chi connectivity index (χ0n) is 29.4. The third-order valence-corrected chi connectivity index (χ3v) is 12.5. The molecule has 4 aliphatic carbocycles. The van der Waals surface area contributed by atoms with Crippen molar-refractivity contribution >= 4 is 13.4 Å². The lowest BCUT2D eigenvalue weighted by atomic mass is 9.64. The number of fused-ring (bicyclic) bond motifs is 2. The molecule has 5 rings (SSSR count). The fourth-order valence-corrected chi connectivity index (χ4v) is 8.67. The van der Waals surface area contributed by atoms with Crippen LogP contribution in [0.2, 0.25) is 0 Å². The summed E-state index contributed by atoms with van der Waals surface area (Å²) in [5.41, 5.74) is 18.9. The van der Waals surface area contributed by atoms with Crippen molar-refractivity contribution in [2.75, 3.05) is 0 Å². The smallest absolute Gasteiger partial charge is 0.104 e. The Bertz CT molecular complexity index is 1500. The zero-order valence-corrected chi connectivity index (χ0v) is 29.4. The van der Waals surface area contributed by atoms with Gasteiger partial charge < -0.3 is 0 Å². The summed E-state index contributed by atoms with van der Waals surface area (Å²) in [6, 6.07) is 5.21. The maximum Gasteiger partial charge on any atom is 0.134 e. The van der Waals surface area contributed by atoms with Crippen LogP contribution in [0, 0.1) is 23.7 Å². The van der Waals surface area contributed by atoms with Crippen LogP contribution < -0.4 is 0 Å². The topological polar surface area (TPSA) is 0 Å². The highest BCUT2D eigenvalue weighted by Gasteiger charge is 2.45. The highest BCUT2D eigenvalue weighted by Crippen LogP contribution is 2.58. The van der Waals surface area contributed by atoms with Crippen LogP contribution in [0.25, 0.3) is 5.57 Å². The van der Waals surface area contributed by atoms with Gasteiger partial charge in [-0.05, 0) is 101 Å². The molecule has 4 unspecified atom stereocenters. The number of rotatable bonds is 4. The normalized spacial score (nSPS) is 27.7. The van der Waals surface area contributed by atoms with E-state index in [9.17, 15) is 0 Å². The summed E-state index contributed by atoms with van der Waals surface area (Å²) >= 11 is 0. The first-order valence-corrected chi connectivity index (χ1v) is 16.8. The summed E-state index contributed by atoms with van der Waals surface area (Å²) < 4.78 is 0. The van der Waals surface area contributed by atoms with Gasteiger partial charge in [0.25, 0.3) is 0 Å². The third-order valence-electron chi connectivity index (χ3n) is 12.5. The molecule has 0 nitrogen and oxygen atoms in total. The molecule has 0 saturated carbocycles. The Morgan fingerprint density at radius 2 is 1.57 bits per heavy atom. The summed E-state index contributed by atoms with van der Waals surface area (Å²) in [5.74, 6) is 2.27.